The number of nitrogens with two attached hydrogens (primary N) is 1. The van der Waals surface area contributed by atoms with Crippen molar-refractivity contribution in [2.24, 2.45) is 0 Å². The number of hydrogen-bond acceptors (Lipinski definition) is 3. The Bertz CT molecular complexity index is 365. The van der Waals surface area contributed by atoms with E-state index in [1.165, 1.54) is 12.1 Å². The molecule has 0 saturated heterocycles. The molecule has 0 aliphatic rings. The molecule has 54 valence electrons. The predicted molar refractivity (Wildman–Crippen MR) is 41.8 cm³/mol. The van der Waals surface area contributed by atoms with E-state index in [-0.39, 0.29) is 11.3 Å². The van der Waals surface area contributed by atoms with Crippen LogP contribution in [-0.2, 0) is 0 Å². The van der Waals surface area contributed by atoms with Crippen molar-refractivity contribution < 1.29 is 0 Å². The van der Waals surface area contributed by atoms with Gasteiger partial charge in [-0.3, -0.25) is 4.79 Å². The number of anilines is 1. The van der Waals surface area contributed by atoms with Gasteiger partial charge in [-0.25, -0.2) is 0 Å². The van der Waals surface area contributed by atoms with Crippen molar-refractivity contribution in [3.05, 3.63) is 40.1 Å². The molecule has 0 atom stereocenters. The van der Waals surface area contributed by atoms with Gasteiger partial charge in [0, 0.05) is 0 Å². The van der Waals surface area contributed by atoms with Crippen molar-refractivity contribution in [3.63, 3.8) is 0 Å². The number of nitriles is 1. The molecule has 3 heteroatoms. The zero-order valence-corrected chi connectivity index (χ0v) is 5.74. The molecule has 0 unspecified atom stereocenters. The van der Waals surface area contributed by atoms with Gasteiger partial charge in [0.15, 0.2) is 0 Å². The van der Waals surface area contributed by atoms with Crippen LogP contribution in [0.2, 0.25) is 0 Å². The van der Waals surface area contributed by atoms with E-state index in [0.29, 0.717) is 0 Å². The Morgan fingerprint density at radius 3 is 2.64 bits per heavy atom. The Hall–Kier alpha value is -1.82. The molecule has 0 fully saturated rings. The second kappa shape index (κ2) is 2.84. The first-order chi connectivity index (χ1) is 5.25. The summed E-state index contributed by atoms with van der Waals surface area (Å²) in [5.41, 5.74) is 5.09. The van der Waals surface area contributed by atoms with Crippen LogP contribution in [0.5, 0.6) is 0 Å². The molecule has 1 rings (SSSR count). The Labute approximate surface area is 63.7 Å². The smallest absolute Gasteiger partial charge is 0.219 e. The molecule has 2 N–H and O–H groups in total. The maximum absolute atomic E-state index is 11.1. The van der Waals surface area contributed by atoms with Gasteiger partial charge >= 0.3 is 0 Å². The van der Waals surface area contributed by atoms with Crippen LogP contribution in [0.4, 0.5) is 5.69 Å². The minimum absolute atomic E-state index is 0.0764. The standard InChI is InChI=1S/C8H6N2O/c9-5-6-3-1-2-4-7(10)8(6)11/h1-4H,(H2,10,11). The normalized spacial score (nSPS) is 8.64. The maximum atomic E-state index is 11.1. The Morgan fingerprint density at radius 1 is 1.36 bits per heavy atom. The minimum Gasteiger partial charge on any atom is -0.396 e. The van der Waals surface area contributed by atoms with Gasteiger partial charge in [-0.1, -0.05) is 12.1 Å². The average molecular weight is 146 g/mol. The molecule has 1 aromatic carbocycles. The highest BCUT2D eigenvalue weighted by Crippen LogP contribution is 1.93. The van der Waals surface area contributed by atoms with Gasteiger partial charge in [-0.15, -0.1) is 0 Å². The molecule has 3 nitrogen and oxygen atoms in total. The van der Waals surface area contributed by atoms with E-state index in [1.807, 2.05) is 0 Å². The van der Waals surface area contributed by atoms with E-state index >= 15 is 0 Å². The van der Waals surface area contributed by atoms with Crippen LogP contribution in [0.25, 0.3) is 0 Å². The van der Waals surface area contributed by atoms with Crippen molar-refractivity contribution in [2.75, 3.05) is 5.73 Å². The molecule has 0 aliphatic heterocycles. The summed E-state index contributed by atoms with van der Waals surface area (Å²) in [6.45, 7) is 0. The molecule has 0 aromatic heterocycles. The molecule has 11 heavy (non-hydrogen) atoms. The Balaban J connectivity index is 3.58. The van der Waals surface area contributed by atoms with Crippen LogP contribution in [-0.4, -0.2) is 0 Å². The Morgan fingerprint density at radius 2 is 2.00 bits per heavy atom. The van der Waals surface area contributed by atoms with Gasteiger partial charge in [0.05, 0.1) is 5.69 Å². The van der Waals surface area contributed by atoms with Gasteiger partial charge in [0.1, 0.15) is 11.6 Å². The number of nitrogen functional groups attached to an aromatic ring is 1. The number of rotatable bonds is 0. The largest absolute Gasteiger partial charge is 0.396 e. The third-order valence-corrected chi connectivity index (χ3v) is 1.28. The van der Waals surface area contributed by atoms with Crippen molar-refractivity contribution >= 4 is 5.69 Å². The number of hydrogen-bond donors (Lipinski definition) is 1. The molecule has 0 bridgehead atoms. The van der Waals surface area contributed by atoms with Crippen molar-refractivity contribution in [2.45, 2.75) is 0 Å². The van der Waals surface area contributed by atoms with E-state index < -0.39 is 5.43 Å². The van der Waals surface area contributed by atoms with Gasteiger partial charge in [-0.2, -0.15) is 5.26 Å². The van der Waals surface area contributed by atoms with E-state index in [9.17, 15) is 4.79 Å². The Kier molecular flexibility index (Phi) is 1.88. The molecule has 0 spiro atoms. The summed E-state index contributed by atoms with van der Waals surface area (Å²) in [6.07, 6.45) is 0. The summed E-state index contributed by atoms with van der Waals surface area (Å²) >= 11 is 0. The quantitative estimate of drug-likeness (QED) is 0.579. The first-order valence-corrected chi connectivity index (χ1v) is 3.04. The summed E-state index contributed by atoms with van der Waals surface area (Å²) < 4.78 is 0. The molecule has 0 aliphatic carbocycles. The van der Waals surface area contributed by atoms with Crippen molar-refractivity contribution in [1.29, 1.82) is 5.26 Å². The van der Waals surface area contributed by atoms with Gasteiger partial charge in [-0.05, 0) is 12.1 Å². The monoisotopic (exact) mass is 146 g/mol. The van der Waals surface area contributed by atoms with Crippen LogP contribution in [0.3, 0.4) is 0 Å². The number of nitrogens with zero attached hydrogens (tertiary/aromatic N) is 1. The van der Waals surface area contributed by atoms with Crippen molar-refractivity contribution in [1.82, 2.24) is 0 Å². The molecule has 0 radical (unpaired) electrons. The summed E-state index contributed by atoms with van der Waals surface area (Å²) in [7, 11) is 0. The highest BCUT2D eigenvalue weighted by atomic mass is 16.1. The highest BCUT2D eigenvalue weighted by molar-refractivity contribution is 5.43. The van der Waals surface area contributed by atoms with Crippen LogP contribution in [0.15, 0.2) is 29.1 Å². The first kappa shape index (κ1) is 7.29. The predicted octanol–water partition coefficient (Wildman–Crippen LogP) is 0.501. The second-order valence-electron chi connectivity index (χ2n) is 2.03. The highest BCUT2D eigenvalue weighted by Gasteiger charge is 1.96. The van der Waals surface area contributed by atoms with Gasteiger partial charge in [0.25, 0.3) is 0 Å². The summed E-state index contributed by atoms with van der Waals surface area (Å²) in [4.78, 5) is 11.1. The maximum Gasteiger partial charge on any atom is 0.219 e. The SMILES string of the molecule is N#Cc1ccccc(N)c1=O. The molecule has 0 heterocycles. The zero-order valence-electron chi connectivity index (χ0n) is 5.74. The van der Waals surface area contributed by atoms with Crippen LogP contribution < -0.4 is 11.2 Å². The third kappa shape index (κ3) is 1.36. The van der Waals surface area contributed by atoms with Gasteiger partial charge < -0.3 is 5.73 Å². The fourth-order valence-electron chi connectivity index (χ4n) is 0.706. The van der Waals surface area contributed by atoms with Crippen molar-refractivity contribution in [3.8, 4) is 6.07 Å². The van der Waals surface area contributed by atoms with E-state index in [1.54, 1.807) is 18.2 Å². The lowest BCUT2D eigenvalue weighted by molar-refractivity contribution is 1.47. The summed E-state index contributed by atoms with van der Waals surface area (Å²) in [5.74, 6) is 0. The zero-order chi connectivity index (χ0) is 8.27. The van der Waals surface area contributed by atoms with E-state index in [4.69, 9.17) is 11.0 Å². The lowest BCUT2D eigenvalue weighted by Crippen LogP contribution is -2.07. The molecular formula is C8H6N2O. The van der Waals surface area contributed by atoms with Crippen LogP contribution >= 0.6 is 0 Å². The lowest BCUT2D eigenvalue weighted by atomic mass is 10.3. The summed E-state index contributed by atoms with van der Waals surface area (Å²) in [6, 6.07) is 7.91. The first-order valence-electron chi connectivity index (χ1n) is 3.04. The van der Waals surface area contributed by atoms with E-state index in [2.05, 4.69) is 0 Å². The molecular weight excluding hydrogens is 140 g/mol. The van der Waals surface area contributed by atoms with Crippen LogP contribution in [0, 0.1) is 11.3 Å². The lowest BCUT2D eigenvalue weighted by Gasteiger charge is -1.80. The molecule has 1 aromatic rings. The summed E-state index contributed by atoms with van der Waals surface area (Å²) in [5, 5.41) is 8.45. The molecule has 0 amide bonds. The van der Waals surface area contributed by atoms with E-state index in [0.717, 1.165) is 0 Å². The average Bonchev–Trinajstić information content (AvgIpc) is 2.16. The second-order valence-corrected chi connectivity index (χ2v) is 2.03. The fraction of sp³-hybridized carbons (Fsp3) is 0. The fourth-order valence-corrected chi connectivity index (χ4v) is 0.706. The minimum atomic E-state index is -0.405. The third-order valence-electron chi connectivity index (χ3n) is 1.28. The van der Waals surface area contributed by atoms with Crippen LogP contribution in [0.1, 0.15) is 5.56 Å². The van der Waals surface area contributed by atoms with Gasteiger partial charge in [0.2, 0.25) is 5.43 Å². The molecule has 0 saturated carbocycles. The topological polar surface area (TPSA) is 66.9 Å².